The summed E-state index contributed by atoms with van der Waals surface area (Å²) >= 11 is 0. The molecule has 0 aliphatic carbocycles. The van der Waals surface area contributed by atoms with E-state index in [1.807, 2.05) is 0 Å². The van der Waals surface area contributed by atoms with Crippen LogP contribution in [0.2, 0.25) is 0 Å². The van der Waals surface area contributed by atoms with Crippen molar-refractivity contribution in [3.05, 3.63) is 90.1 Å². The second kappa shape index (κ2) is 4.75. The molecule has 0 radical (unpaired) electrons. The highest BCUT2D eigenvalue weighted by atomic mass is 14.9. The van der Waals surface area contributed by atoms with Gasteiger partial charge in [-0.25, -0.2) is 0 Å². The van der Waals surface area contributed by atoms with Crippen LogP contribution in [0.5, 0.6) is 0 Å². The lowest BCUT2D eigenvalue weighted by atomic mass is 9.86. The zero-order valence-corrected chi connectivity index (χ0v) is 12.6. The van der Waals surface area contributed by atoms with Crippen molar-refractivity contribution in [2.24, 2.45) is 0 Å². The van der Waals surface area contributed by atoms with Gasteiger partial charge in [0, 0.05) is 33.9 Å². The smallest absolute Gasteiger partial charge is 0.0794 e. The molecule has 1 aliphatic rings. The molecule has 1 atom stereocenters. The zero-order valence-electron chi connectivity index (χ0n) is 12.6. The van der Waals surface area contributed by atoms with Crippen LogP contribution in [0.4, 0.5) is 5.69 Å². The van der Waals surface area contributed by atoms with Crippen molar-refractivity contribution < 1.29 is 0 Å². The van der Waals surface area contributed by atoms with Crippen LogP contribution in [0.15, 0.2) is 79.0 Å². The van der Waals surface area contributed by atoms with Crippen LogP contribution < -0.4 is 5.32 Å². The number of aromatic nitrogens is 1. The first-order valence-electron chi connectivity index (χ1n) is 7.93. The highest BCUT2D eigenvalue weighted by Gasteiger charge is 2.26. The van der Waals surface area contributed by atoms with E-state index in [0.29, 0.717) is 0 Å². The molecule has 2 N–H and O–H groups in total. The van der Waals surface area contributed by atoms with Crippen LogP contribution in [0.3, 0.4) is 0 Å². The monoisotopic (exact) mass is 296 g/mol. The molecule has 0 fully saturated rings. The number of anilines is 1. The van der Waals surface area contributed by atoms with Gasteiger partial charge in [0.2, 0.25) is 0 Å². The third-order valence-corrected chi connectivity index (χ3v) is 4.72. The number of benzene rings is 3. The van der Waals surface area contributed by atoms with E-state index >= 15 is 0 Å². The summed E-state index contributed by atoms with van der Waals surface area (Å²) in [4.78, 5) is 3.40. The first-order chi connectivity index (χ1) is 11.4. The van der Waals surface area contributed by atoms with Gasteiger partial charge in [0.1, 0.15) is 0 Å². The maximum Gasteiger partial charge on any atom is 0.0794 e. The Labute approximate surface area is 134 Å². The molecule has 0 saturated carbocycles. The van der Waals surface area contributed by atoms with E-state index in [-0.39, 0.29) is 6.04 Å². The fourth-order valence-electron chi connectivity index (χ4n) is 3.65. The van der Waals surface area contributed by atoms with Crippen LogP contribution in [-0.2, 0) is 0 Å². The van der Waals surface area contributed by atoms with Gasteiger partial charge >= 0.3 is 0 Å². The van der Waals surface area contributed by atoms with Crippen LogP contribution in [0, 0.1) is 0 Å². The van der Waals surface area contributed by atoms with E-state index < -0.39 is 0 Å². The van der Waals surface area contributed by atoms with Crippen LogP contribution in [0.1, 0.15) is 17.2 Å². The molecule has 0 saturated heterocycles. The number of hydrogen-bond donors (Lipinski definition) is 2. The normalized spacial score (nSPS) is 15.7. The topological polar surface area (TPSA) is 27.8 Å². The molecular formula is C21H16N2. The maximum absolute atomic E-state index is 3.73. The number of rotatable bonds is 1. The van der Waals surface area contributed by atoms with Crippen molar-refractivity contribution >= 4 is 16.6 Å². The second-order valence-electron chi connectivity index (χ2n) is 6.00. The predicted molar refractivity (Wildman–Crippen MR) is 95.6 cm³/mol. The lowest BCUT2D eigenvalue weighted by Crippen LogP contribution is -2.17. The van der Waals surface area contributed by atoms with E-state index in [1.165, 1.54) is 38.8 Å². The molecule has 0 spiro atoms. The van der Waals surface area contributed by atoms with Gasteiger partial charge in [0.05, 0.1) is 6.04 Å². The first kappa shape index (κ1) is 12.5. The Morgan fingerprint density at radius 2 is 1.39 bits per heavy atom. The van der Waals surface area contributed by atoms with Gasteiger partial charge in [-0.1, -0.05) is 60.7 Å². The van der Waals surface area contributed by atoms with E-state index in [4.69, 9.17) is 0 Å². The number of nitrogens with one attached hydrogen (secondary N) is 2. The number of H-pyrrole nitrogens is 1. The lowest BCUT2D eigenvalue weighted by molar-refractivity contribution is 0.939. The summed E-state index contributed by atoms with van der Waals surface area (Å²) in [6, 6.07) is 25.9. The molecule has 5 rings (SSSR count). The van der Waals surface area contributed by atoms with E-state index in [0.717, 1.165) is 0 Å². The Morgan fingerprint density at radius 1 is 0.652 bits per heavy atom. The zero-order chi connectivity index (χ0) is 15.2. The van der Waals surface area contributed by atoms with Gasteiger partial charge < -0.3 is 10.3 Å². The number of fused-ring (bicyclic) bond motifs is 4. The van der Waals surface area contributed by atoms with E-state index in [1.54, 1.807) is 0 Å². The number of para-hydroxylation sites is 2. The molecule has 0 amide bonds. The summed E-state index contributed by atoms with van der Waals surface area (Å²) in [5.41, 5.74) is 7.59. The van der Waals surface area contributed by atoms with Gasteiger partial charge in [0.25, 0.3) is 0 Å². The first-order valence-corrected chi connectivity index (χ1v) is 7.93. The Morgan fingerprint density at radius 3 is 2.35 bits per heavy atom. The number of hydrogen-bond acceptors (Lipinski definition) is 1. The van der Waals surface area contributed by atoms with Crippen LogP contribution >= 0.6 is 0 Å². The van der Waals surface area contributed by atoms with Gasteiger partial charge in [-0.15, -0.1) is 0 Å². The average Bonchev–Trinajstić information content (AvgIpc) is 3.05. The number of aromatic amines is 1. The molecule has 1 aromatic heterocycles. The molecule has 3 aromatic carbocycles. The summed E-state index contributed by atoms with van der Waals surface area (Å²) in [5, 5.41) is 5.00. The van der Waals surface area contributed by atoms with Gasteiger partial charge in [-0.2, -0.15) is 0 Å². The minimum atomic E-state index is 0.164. The summed E-state index contributed by atoms with van der Waals surface area (Å²) in [5.74, 6) is 0. The second-order valence-corrected chi connectivity index (χ2v) is 6.00. The van der Waals surface area contributed by atoms with Crippen molar-refractivity contribution in [1.82, 2.24) is 4.98 Å². The van der Waals surface area contributed by atoms with Crippen LogP contribution in [-0.4, -0.2) is 4.98 Å². The van der Waals surface area contributed by atoms with Gasteiger partial charge in [-0.3, -0.25) is 0 Å². The SMILES string of the molecule is c1ccc2c(c1)NC(c1c[nH]c3ccccc13)c1ccccc1-2. The molecule has 4 aromatic rings. The maximum atomic E-state index is 3.73. The standard InChI is InChI=1S/C21H16N2/c1-2-10-17-14(7-1)15-8-4-6-12-20(15)23-21(17)18-13-22-19-11-5-3-9-16(18)19/h1-13,21-23H. The quantitative estimate of drug-likeness (QED) is 0.487. The van der Waals surface area contributed by atoms with E-state index in [9.17, 15) is 0 Å². The average molecular weight is 296 g/mol. The van der Waals surface area contributed by atoms with Crippen molar-refractivity contribution in [2.75, 3.05) is 5.32 Å². The third kappa shape index (κ3) is 1.82. The predicted octanol–water partition coefficient (Wildman–Crippen LogP) is 5.35. The van der Waals surface area contributed by atoms with Gasteiger partial charge in [0.15, 0.2) is 0 Å². The molecule has 0 bridgehead atoms. The summed E-state index contributed by atoms with van der Waals surface area (Å²) in [6.45, 7) is 0. The minimum absolute atomic E-state index is 0.164. The Kier molecular flexibility index (Phi) is 2.59. The molecule has 110 valence electrons. The lowest BCUT2D eigenvalue weighted by Gasteiger charge is -2.29. The molecule has 2 heterocycles. The highest BCUT2D eigenvalue weighted by Crippen LogP contribution is 2.43. The molecule has 1 unspecified atom stereocenters. The van der Waals surface area contributed by atoms with E-state index in [2.05, 4.69) is 89.3 Å². The van der Waals surface area contributed by atoms with Crippen LogP contribution in [0.25, 0.3) is 22.0 Å². The van der Waals surface area contributed by atoms with Crippen molar-refractivity contribution in [1.29, 1.82) is 0 Å². The summed E-state index contributed by atoms with van der Waals surface area (Å²) in [7, 11) is 0. The third-order valence-electron chi connectivity index (χ3n) is 4.72. The fraction of sp³-hybridized carbons (Fsp3) is 0.0476. The Hall–Kier alpha value is -3.00. The highest BCUT2D eigenvalue weighted by molar-refractivity contribution is 5.89. The van der Waals surface area contributed by atoms with Crippen molar-refractivity contribution in [2.45, 2.75) is 6.04 Å². The Bertz CT molecular complexity index is 1010. The van der Waals surface area contributed by atoms with Crippen molar-refractivity contribution in [3.8, 4) is 11.1 Å². The molecule has 2 heteroatoms. The molecule has 23 heavy (non-hydrogen) atoms. The summed E-state index contributed by atoms with van der Waals surface area (Å²) in [6.07, 6.45) is 2.13. The molecule has 2 nitrogen and oxygen atoms in total. The minimum Gasteiger partial charge on any atom is -0.374 e. The fourth-order valence-corrected chi connectivity index (χ4v) is 3.65. The Balaban J connectivity index is 1.76. The van der Waals surface area contributed by atoms with Gasteiger partial charge in [-0.05, 0) is 23.3 Å². The largest absolute Gasteiger partial charge is 0.374 e. The summed E-state index contributed by atoms with van der Waals surface area (Å²) < 4.78 is 0. The van der Waals surface area contributed by atoms with Crippen molar-refractivity contribution in [3.63, 3.8) is 0 Å². The molecular weight excluding hydrogens is 280 g/mol. The molecule has 1 aliphatic heterocycles.